The molecule has 0 unspecified atom stereocenters. The third-order valence-electron chi connectivity index (χ3n) is 4.59. The Kier molecular flexibility index (Phi) is 3.91. The fraction of sp³-hybridized carbons (Fsp3) is 0.263. The molecule has 0 aliphatic carbocycles. The molecule has 1 atom stereocenters. The van der Waals surface area contributed by atoms with Gasteiger partial charge in [-0.25, -0.2) is 0 Å². The molecule has 0 bridgehead atoms. The summed E-state index contributed by atoms with van der Waals surface area (Å²) >= 11 is 0. The highest BCUT2D eigenvalue weighted by atomic mass is 16.2. The summed E-state index contributed by atoms with van der Waals surface area (Å²) in [5.41, 5.74) is 1.75. The average molecular weight is 320 g/mol. The molecule has 0 saturated carbocycles. The maximum atomic E-state index is 13.0. The van der Waals surface area contributed by atoms with Gasteiger partial charge in [0.1, 0.15) is 0 Å². The van der Waals surface area contributed by atoms with Gasteiger partial charge >= 0.3 is 0 Å². The average Bonchev–Trinajstić information content (AvgIpc) is 3.37. The molecule has 1 amide bonds. The third kappa shape index (κ3) is 2.85. The first-order chi connectivity index (χ1) is 11.8. The van der Waals surface area contributed by atoms with Crippen molar-refractivity contribution in [3.63, 3.8) is 0 Å². The molecule has 1 saturated heterocycles. The monoisotopic (exact) mass is 320 g/mol. The Morgan fingerprint density at radius 1 is 1.12 bits per heavy atom. The minimum Gasteiger partial charge on any atom is -0.334 e. The summed E-state index contributed by atoms with van der Waals surface area (Å²) < 4.78 is 3.93. The summed E-state index contributed by atoms with van der Waals surface area (Å²) in [5, 5.41) is 4.27. The SMILES string of the molecule is O=C(c1cccc(-n2cccc2)c1)N1CCC[C@@H]1Cn1cccn1. The van der Waals surface area contributed by atoms with Crippen LogP contribution in [0.15, 0.2) is 67.3 Å². The number of hydrogen-bond donors (Lipinski definition) is 0. The van der Waals surface area contributed by atoms with Crippen molar-refractivity contribution in [1.82, 2.24) is 19.2 Å². The van der Waals surface area contributed by atoms with E-state index in [4.69, 9.17) is 0 Å². The largest absolute Gasteiger partial charge is 0.334 e. The van der Waals surface area contributed by atoms with Gasteiger partial charge in [0.15, 0.2) is 0 Å². The van der Waals surface area contributed by atoms with Crippen molar-refractivity contribution in [2.24, 2.45) is 0 Å². The van der Waals surface area contributed by atoms with Gasteiger partial charge in [-0.3, -0.25) is 9.48 Å². The van der Waals surface area contributed by atoms with E-state index in [1.165, 1.54) is 0 Å². The number of amides is 1. The van der Waals surface area contributed by atoms with Crippen LogP contribution in [0, 0.1) is 0 Å². The van der Waals surface area contributed by atoms with E-state index >= 15 is 0 Å². The Labute approximate surface area is 141 Å². The lowest BCUT2D eigenvalue weighted by molar-refractivity contribution is 0.0721. The first-order valence-electron chi connectivity index (χ1n) is 8.33. The molecule has 122 valence electrons. The lowest BCUT2D eigenvalue weighted by atomic mass is 10.1. The van der Waals surface area contributed by atoms with Crippen LogP contribution < -0.4 is 0 Å². The van der Waals surface area contributed by atoms with Crippen molar-refractivity contribution in [3.8, 4) is 5.69 Å². The maximum absolute atomic E-state index is 13.0. The number of benzene rings is 1. The van der Waals surface area contributed by atoms with Crippen molar-refractivity contribution in [2.75, 3.05) is 6.54 Å². The number of carbonyl (C=O) groups is 1. The van der Waals surface area contributed by atoms with Crippen LogP contribution in [-0.2, 0) is 6.54 Å². The van der Waals surface area contributed by atoms with Crippen LogP contribution in [0.3, 0.4) is 0 Å². The first-order valence-corrected chi connectivity index (χ1v) is 8.33. The van der Waals surface area contributed by atoms with E-state index in [1.54, 1.807) is 6.20 Å². The predicted octanol–water partition coefficient (Wildman–Crippen LogP) is 2.98. The zero-order valence-electron chi connectivity index (χ0n) is 13.5. The Hall–Kier alpha value is -2.82. The van der Waals surface area contributed by atoms with Crippen LogP contribution in [-0.4, -0.2) is 37.7 Å². The molecule has 0 radical (unpaired) electrons. The molecule has 2 aromatic heterocycles. The van der Waals surface area contributed by atoms with Crippen molar-refractivity contribution < 1.29 is 4.79 Å². The quantitative estimate of drug-likeness (QED) is 0.742. The Bertz CT molecular complexity index is 808. The first kappa shape index (κ1) is 14.8. The Morgan fingerprint density at radius 3 is 2.79 bits per heavy atom. The molecule has 24 heavy (non-hydrogen) atoms. The number of hydrogen-bond acceptors (Lipinski definition) is 2. The molecule has 1 aromatic carbocycles. The molecule has 0 N–H and O–H groups in total. The fourth-order valence-electron chi connectivity index (χ4n) is 3.39. The summed E-state index contributed by atoms with van der Waals surface area (Å²) in [5.74, 6) is 0.110. The van der Waals surface area contributed by atoms with Crippen molar-refractivity contribution in [1.29, 1.82) is 0 Å². The highest BCUT2D eigenvalue weighted by Gasteiger charge is 2.29. The molecule has 0 spiro atoms. The number of rotatable bonds is 4. The molecule has 3 heterocycles. The van der Waals surface area contributed by atoms with Gasteiger partial charge < -0.3 is 9.47 Å². The van der Waals surface area contributed by atoms with E-state index in [9.17, 15) is 4.79 Å². The van der Waals surface area contributed by atoms with E-state index < -0.39 is 0 Å². The van der Waals surface area contributed by atoms with Crippen LogP contribution in [0.5, 0.6) is 0 Å². The highest BCUT2D eigenvalue weighted by Crippen LogP contribution is 2.22. The minimum atomic E-state index is 0.110. The number of aromatic nitrogens is 3. The second-order valence-corrected chi connectivity index (χ2v) is 6.16. The molecule has 1 fully saturated rings. The van der Waals surface area contributed by atoms with E-state index in [0.29, 0.717) is 0 Å². The molecular formula is C19H20N4O. The summed E-state index contributed by atoms with van der Waals surface area (Å²) in [7, 11) is 0. The zero-order valence-corrected chi connectivity index (χ0v) is 13.5. The molecule has 5 heteroatoms. The van der Waals surface area contributed by atoms with Crippen LogP contribution >= 0.6 is 0 Å². The van der Waals surface area contributed by atoms with Crippen molar-refractivity contribution in [2.45, 2.75) is 25.4 Å². The van der Waals surface area contributed by atoms with E-state index in [1.807, 2.05) is 75.2 Å². The van der Waals surface area contributed by atoms with Gasteiger partial charge in [-0.2, -0.15) is 5.10 Å². The van der Waals surface area contributed by atoms with Gasteiger partial charge in [-0.1, -0.05) is 6.07 Å². The van der Waals surface area contributed by atoms with Gasteiger partial charge in [-0.05, 0) is 49.2 Å². The van der Waals surface area contributed by atoms with Gasteiger partial charge in [0.25, 0.3) is 5.91 Å². The standard InChI is InChI=1S/C19H20N4O/c24-19(16-6-3-7-17(14-16)21-10-1-2-11-21)23-13-4-8-18(23)15-22-12-5-9-20-22/h1-3,5-7,9-12,14,18H,4,8,13,15H2/t18-/m1/s1. The van der Waals surface area contributed by atoms with Gasteiger partial charge in [-0.15, -0.1) is 0 Å². The van der Waals surface area contributed by atoms with Crippen molar-refractivity contribution in [3.05, 3.63) is 72.8 Å². The Morgan fingerprint density at radius 2 is 2.00 bits per heavy atom. The predicted molar refractivity (Wildman–Crippen MR) is 92.1 cm³/mol. The van der Waals surface area contributed by atoms with E-state index in [2.05, 4.69) is 5.10 Å². The summed E-state index contributed by atoms with van der Waals surface area (Å²) in [6, 6.07) is 13.9. The molecule has 1 aliphatic rings. The summed E-state index contributed by atoms with van der Waals surface area (Å²) in [4.78, 5) is 15.0. The smallest absolute Gasteiger partial charge is 0.254 e. The fourth-order valence-corrected chi connectivity index (χ4v) is 3.39. The second kappa shape index (κ2) is 6.35. The molecular weight excluding hydrogens is 300 g/mol. The maximum Gasteiger partial charge on any atom is 0.254 e. The van der Waals surface area contributed by atoms with E-state index in [-0.39, 0.29) is 11.9 Å². The Balaban J connectivity index is 1.55. The van der Waals surface area contributed by atoms with Crippen LogP contribution in [0.4, 0.5) is 0 Å². The number of nitrogens with zero attached hydrogens (tertiary/aromatic N) is 4. The van der Waals surface area contributed by atoms with Gasteiger partial charge in [0.2, 0.25) is 0 Å². The second-order valence-electron chi connectivity index (χ2n) is 6.16. The lowest BCUT2D eigenvalue weighted by Gasteiger charge is -2.25. The number of carbonyl (C=O) groups excluding carboxylic acids is 1. The molecule has 1 aliphatic heterocycles. The number of likely N-dealkylation sites (tertiary alicyclic amines) is 1. The van der Waals surface area contributed by atoms with Crippen LogP contribution in [0.1, 0.15) is 23.2 Å². The van der Waals surface area contributed by atoms with E-state index in [0.717, 1.165) is 37.2 Å². The van der Waals surface area contributed by atoms with Crippen molar-refractivity contribution >= 4 is 5.91 Å². The minimum absolute atomic E-state index is 0.110. The molecule has 3 aromatic rings. The third-order valence-corrected chi connectivity index (χ3v) is 4.59. The summed E-state index contributed by atoms with van der Waals surface area (Å²) in [6.07, 6.45) is 9.78. The lowest BCUT2D eigenvalue weighted by Crippen LogP contribution is -2.38. The van der Waals surface area contributed by atoms with Crippen LogP contribution in [0.2, 0.25) is 0 Å². The normalized spacial score (nSPS) is 17.3. The molecule has 5 nitrogen and oxygen atoms in total. The zero-order chi connectivity index (χ0) is 16.4. The van der Waals surface area contributed by atoms with Crippen LogP contribution in [0.25, 0.3) is 5.69 Å². The van der Waals surface area contributed by atoms with Gasteiger partial charge in [0.05, 0.1) is 12.6 Å². The topological polar surface area (TPSA) is 43.1 Å². The summed E-state index contributed by atoms with van der Waals surface area (Å²) in [6.45, 7) is 1.58. The molecule has 4 rings (SSSR count). The van der Waals surface area contributed by atoms with Gasteiger partial charge in [0, 0.05) is 42.6 Å². The highest BCUT2D eigenvalue weighted by molar-refractivity contribution is 5.95.